The van der Waals surface area contributed by atoms with E-state index in [2.05, 4.69) is 33.9 Å². The summed E-state index contributed by atoms with van der Waals surface area (Å²) in [6.07, 6.45) is 9.21. The zero-order chi connectivity index (χ0) is 21.3. The Kier molecular flexibility index (Phi) is 6.30. The third-order valence-corrected chi connectivity index (χ3v) is 11.7. The van der Waals surface area contributed by atoms with Crippen LogP contribution in [0.5, 0.6) is 0 Å². The largest absolute Gasteiger partial charge is 0.411 e. The number of nitrogens with zero attached hydrogens (tertiary/aromatic N) is 1. The highest BCUT2D eigenvalue weighted by atomic mass is 28.4. The van der Waals surface area contributed by atoms with Gasteiger partial charge in [-0.3, -0.25) is 4.98 Å². The van der Waals surface area contributed by atoms with Gasteiger partial charge in [0.2, 0.25) is 0 Å². The summed E-state index contributed by atoms with van der Waals surface area (Å²) in [5.74, 6) is 0. The van der Waals surface area contributed by atoms with E-state index in [0.29, 0.717) is 11.4 Å². The van der Waals surface area contributed by atoms with Gasteiger partial charge < -0.3 is 15.9 Å². The zero-order valence-corrected chi connectivity index (χ0v) is 20.0. The summed E-state index contributed by atoms with van der Waals surface area (Å²) in [4.78, 5) is 4.82. The Morgan fingerprint density at radius 2 is 1.69 bits per heavy atom. The lowest BCUT2D eigenvalue weighted by Crippen LogP contribution is -2.50. The van der Waals surface area contributed by atoms with Crippen molar-refractivity contribution in [2.75, 3.05) is 11.5 Å². The molecule has 1 aliphatic rings. The SMILES string of the molecule is CC(C)(C)[Si](C)(C)OC1(CCCc2nc3ccccc3c(N)c2N)CCCCC1. The average Bonchev–Trinajstić information content (AvgIpc) is 2.65. The highest BCUT2D eigenvalue weighted by Gasteiger charge is 2.44. The van der Waals surface area contributed by atoms with Crippen LogP contribution < -0.4 is 11.5 Å². The second-order valence-corrected chi connectivity index (χ2v) is 15.1. The number of aryl methyl sites for hydroxylation is 1. The molecule has 160 valence electrons. The van der Waals surface area contributed by atoms with E-state index >= 15 is 0 Å². The van der Waals surface area contributed by atoms with Crippen LogP contribution in [0.25, 0.3) is 10.9 Å². The number of hydrogen-bond donors (Lipinski definition) is 2. The van der Waals surface area contributed by atoms with Crippen LogP contribution in [-0.4, -0.2) is 18.9 Å². The molecule has 29 heavy (non-hydrogen) atoms. The normalized spacial score (nSPS) is 17.6. The molecule has 1 aromatic heterocycles. The summed E-state index contributed by atoms with van der Waals surface area (Å²) in [7, 11) is -1.81. The van der Waals surface area contributed by atoms with Crippen molar-refractivity contribution in [1.29, 1.82) is 0 Å². The first kappa shape index (κ1) is 22.1. The predicted octanol–water partition coefficient (Wildman–Crippen LogP) is 6.45. The first-order valence-electron chi connectivity index (χ1n) is 11.2. The van der Waals surface area contributed by atoms with Crippen LogP contribution in [0.3, 0.4) is 0 Å². The molecule has 4 nitrogen and oxygen atoms in total. The molecule has 4 N–H and O–H groups in total. The lowest BCUT2D eigenvalue weighted by Gasteiger charge is -2.48. The summed E-state index contributed by atoms with van der Waals surface area (Å²) in [5.41, 5.74) is 15.8. The number of pyridine rings is 1. The van der Waals surface area contributed by atoms with Crippen molar-refractivity contribution in [1.82, 2.24) is 4.98 Å². The fraction of sp³-hybridized carbons (Fsp3) is 0.625. The third kappa shape index (κ3) is 4.77. The third-order valence-electron chi connectivity index (χ3n) is 7.14. The smallest absolute Gasteiger partial charge is 0.192 e. The summed E-state index contributed by atoms with van der Waals surface area (Å²) in [5, 5.41) is 1.18. The highest BCUT2D eigenvalue weighted by molar-refractivity contribution is 6.74. The van der Waals surface area contributed by atoms with E-state index in [4.69, 9.17) is 20.9 Å². The van der Waals surface area contributed by atoms with Gasteiger partial charge >= 0.3 is 0 Å². The van der Waals surface area contributed by atoms with Crippen LogP contribution in [0.4, 0.5) is 11.4 Å². The molecule has 5 heteroatoms. The van der Waals surface area contributed by atoms with Crippen LogP contribution >= 0.6 is 0 Å². The van der Waals surface area contributed by atoms with Gasteiger partial charge in [-0.2, -0.15) is 0 Å². The minimum Gasteiger partial charge on any atom is -0.411 e. The lowest BCUT2D eigenvalue weighted by molar-refractivity contribution is 0.00700. The Bertz CT molecular complexity index is 851. The Labute approximate surface area is 177 Å². The first-order chi connectivity index (χ1) is 13.5. The average molecular weight is 414 g/mol. The van der Waals surface area contributed by atoms with Crippen LogP contribution in [-0.2, 0) is 10.8 Å². The van der Waals surface area contributed by atoms with Crippen LogP contribution in [0.15, 0.2) is 24.3 Å². The fourth-order valence-electron chi connectivity index (χ4n) is 4.37. The molecule has 0 atom stereocenters. The van der Waals surface area contributed by atoms with E-state index in [1.54, 1.807) is 0 Å². The highest BCUT2D eigenvalue weighted by Crippen LogP contribution is 2.45. The monoisotopic (exact) mass is 413 g/mol. The fourth-order valence-corrected chi connectivity index (χ4v) is 6.06. The molecule has 1 aromatic carbocycles. The maximum atomic E-state index is 7.06. The number of hydrogen-bond acceptors (Lipinski definition) is 4. The standard InChI is InChI=1S/C24H39N3OSi/c1-23(2,3)29(4,5)28-24(15-9-6-10-16-24)17-11-14-20-22(26)21(25)18-12-7-8-13-19(18)27-20/h7-8,12-13H,6,9-11,14-17,26H2,1-5H3,(H2,25,27). The van der Waals surface area contributed by atoms with Gasteiger partial charge in [0.05, 0.1) is 28.2 Å². The van der Waals surface area contributed by atoms with Crippen molar-refractivity contribution in [3.05, 3.63) is 30.0 Å². The number of nitrogens with two attached hydrogens (primary N) is 2. The van der Waals surface area contributed by atoms with Crippen LogP contribution in [0.1, 0.15) is 71.4 Å². The van der Waals surface area contributed by atoms with Crippen LogP contribution in [0, 0.1) is 0 Å². The van der Waals surface area contributed by atoms with Crippen molar-refractivity contribution in [3.8, 4) is 0 Å². The molecule has 2 aromatic rings. The van der Waals surface area contributed by atoms with Gasteiger partial charge in [0, 0.05) is 5.39 Å². The minimum atomic E-state index is -1.81. The Morgan fingerprint density at radius 3 is 2.34 bits per heavy atom. The molecule has 1 fully saturated rings. The van der Waals surface area contributed by atoms with Crippen molar-refractivity contribution in [2.24, 2.45) is 0 Å². The summed E-state index contributed by atoms with van der Waals surface area (Å²) < 4.78 is 7.06. The van der Waals surface area contributed by atoms with Gasteiger partial charge in [-0.1, -0.05) is 58.2 Å². The molecule has 0 aliphatic heterocycles. The van der Waals surface area contributed by atoms with E-state index in [-0.39, 0.29) is 10.6 Å². The maximum absolute atomic E-state index is 7.06. The molecule has 0 saturated heterocycles. The molecule has 0 bridgehead atoms. The molecule has 0 radical (unpaired) electrons. The molecule has 3 rings (SSSR count). The Balaban J connectivity index is 1.76. The van der Waals surface area contributed by atoms with Crippen molar-refractivity contribution in [2.45, 2.75) is 95.9 Å². The summed E-state index contributed by atoms with van der Waals surface area (Å²) >= 11 is 0. The molecule has 1 aliphatic carbocycles. The number of para-hydroxylation sites is 1. The number of aromatic nitrogens is 1. The van der Waals surface area contributed by atoms with Gasteiger partial charge in [0.1, 0.15) is 0 Å². The maximum Gasteiger partial charge on any atom is 0.192 e. The Morgan fingerprint density at radius 1 is 1.03 bits per heavy atom. The number of anilines is 2. The van der Waals surface area contributed by atoms with E-state index < -0.39 is 8.32 Å². The van der Waals surface area contributed by atoms with Gasteiger partial charge in [-0.05, 0) is 56.3 Å². The van der Waals surface area contributed by atoms with E-state index in [1.165, 1.54) is 32.1 Å². The predicted molar refractivity (Wildman–Crippen MR) is 128 cm³/mol. The van der Waals surface area contributed by atoms with Gasteiger partial charge in [0.15, 0.2) is 8.32 Å². The molecular weight excluding hydrogens is 374 g/mol. The van der Waals surface area contributed by atoms with E-state index in [1.807, 2.05) is 24.3 Å². The van der Waals surface area contributed by atoms with Crippen LogP contribution in [0.2, 0.25) is 18.1 Å². The van der Waals surface area contributed by atoms with Crippen molar-refractivity contribution >= 4 is 30.6 Å². The second-order valence-electron chi connectivity index (χ2n) is 10.4. The van der Waals surface area contributed by atoms with E-state index in [9.17, 15) is 0 Å². The Hall–Kier alpha value is -1.59. The topological polar surface area (TPSA) is 74.2 Å². The number of fused-ring (bicyclic) bond motifs is 1. The molecule has 1 saturated carbocycles. The first-order valence-corrected chi connectivity index (χ1v) is 14.1. The number of rotatable bonds is 6. The van der Waals surface area contributed by atoms with Gasteiger partial charge in [-0.15, -0.1) is 0 Å². The molecule has 0 amide bonds. The second kappa shape index (κ2) is 8.27. The molecule has 0 unspecified atom stereocenters. The van der Waals surface area contributed by atoms with Gasteiger partial charge in [0.25, 0.3) is 0 Å². The minimum absolute atomic E-state index is 0.0262. The quantitative estimate of drug-likeness (QED) is 0.534. The molecular formula is C24H39N3OSi. The zero-order valence-electron chi connectivity index (χ0n) is 19.0. The van der Waals surface area contributed by atoms with E-state index in [0.717, 1.165) is 35.9 Å². The number of nitrogen functional groups attached to an aromatic ring is 2. The van der Waals surface area contributed by atoms with Crippen molar-refractivity contribution < 1.29 is 4.43 Å². The van der Waals surface area contributed by atoms with Gasteiger partial charge in [-0.25, -0.2) is 0 Å². The summed E-state index contributed by atoms with van der Waals surface area (Å²) in [6, 6.07) is 7.98. The lowest BCUT2D eigenvalue weighted by atomic mass is 9.81. The number of benzene rings is 1. The molecule has 0 spiro atoms. The molecule has 1 heterocycles. The summed E-state index contributed by atoms with van der Waals surface area (Å²) in [6.45, 7) is 11.8. The van der Waals surface area contributed by atoms with Crippen molar-refractivity contribution in [3.63, 3.8) is 0 Å².